The molecule has 1 aliphatic rings. The van der Waals surface area contributed by atoms with E-state index in [4.69, 9.17) is 5.73 Å². The Morgan fingerprint density at radius 2 is 2.23 bits per heavy atom. The normalized spacial score (nSPS) is 26.5. The van der Waals surface area contributed by atoms with Crippen LogP contribution in [0, 0.1) is 5.92 Å². The first-order valence-corrected chi connectivity index (χ1v) is 5.70. The summed E-state index contributed by atoms with van der Waals surface area (Å²) in [7, 11) is 0. The second-order valence-electron chi connectivity index (χ2n) is 4.53. The summed E-state index contributed by atoms with van der Waals surface area (Å²) in [6.45, 7) is 8.34. The molecule has 0 aromatic rings. The van der Waals surface area contributed by atoms with Gasteiger partial charge >= 0.3 is 0 Å². The molecule has 0 aromatic carbocycles. The Hall–Kier alpha value is -0.0800. The van der Waals surface area contributed by atoms with Crippen LogP contribution in [0.3, 0.4) is 0 Å². The lowest BCUT2D eigenvalue weighted by molar-refractivity contribution is 0.309. The van der Waals surface area contributed by atoms with Crippen LogP contribution in [0.5, 0.6) is 0 Å². The van der Waals surface area contributed by atoms with Gasteiger partial charge in [-0.3, -0.25) is 0 Å². The summed E-state index contributed by atoms with van der Waals surface area (Å²) in [6.07, 6.45) is 4.96. The lowest BCUT2D eigenvalue weighted by atomic mass is 10.1. The number of nitrogens with zero attached hydrogens (tertiary/aromatic N) is 1. The molecule has 0 saturated carbocycles. The Balaban J connectivity index is 2.05. The molecule has 2 unspecified atom stereocenters. The third-order valence-corrected chi connectivity index (χ3v) is 2.98. The summed E-state index contributed by atoms with van der Waals surface area (Å²) in [5.74, 6) is 0.905. The molecule has 2 N–H and O–H groups in total. The maximum absolute atomic E-state index is 5.97. The lowest BCUT2D eigenvalue weighted by Crippen LogP contribution is -2.29. The Bertz CT molecular complexity index is 136. The molecule has 1 heterocycles. The van der Waals surface area contributed by atoms with E-state index in [-0.39, 0.29) is 0 Å². The van der Waals surface area contributed by atoms with E-state index in [1.54, 1.807) is 0 Å². The van der Waals surface area contributed by atoms with Crippen molar-refractivity contribution >= 4 is 0 Å². The average Bonchev–Trinajstić information content (AvgIpc) is 2.49. The minimum absolute atomic E-state index is 0.431. The molecule has 2 nitrogen and oxygen atoms in total. The van der Waals surface area contributed by atoms with Crippen LogP contribution in [0.25, 0.3) is 0 Å². The Morgan fingerprint density at radius 3 is 2.77 bits per heavy atom. The summed E-state index contributed by atoms with van der Waals surface area (Å²) in [5, 5.41) is 0. The third kappa shape index (κ3) is 4.10. The fourth-order valence-electron chi connectivity index (χ4n) is 2.09. The van der Waals surface area contributed by atoms with Crippen molar-refractivity contribution in [2.45, 2.75) is 45.6 Å². The topological polar surface area (TPSA) is 29.3 Å². The predicted octanol–water partition coefficient (Wildman–Crippen LogP) is 1.85. The minimum atomic E-state index is 0.431. The van der Waals surface area contributed by atoms with Crippen molar-refractivity contribution in [2.75, 3.05) is 19.6 Å². The zero-order valence-corrected chi connectivity index (χ0v) is 9.13. The van der Waals surface area contributed by atoms with Crippen molar-refractivity contribution in [2.24, 2.45) is 11.7 Å². The first kappa shape index (κ1) is 11.0. The molecule has 78 valence electrons. The summed E-state index contributed by atoms with van der Waals surface area (Å²) < 4.78 is 0. The van der Waals surface area contributed by atoms with Gasteiger partial charge in [-0.25, -0.2) is 0 Å². The van der Waals surface area contributed by atoms with Crippen molar-refractivity contribution in [3.05, 3.63) is 0 Å². The van der Waals surface area contributed by atoms with Gasteiger partial charge in [0, 0.05) is 12.6 Å². The van der Waals surface area contributed by atoms with Crippen molar-refractivity contribution in [3.8, 4) is 0 Å². The van der Waals surface area contributed by atoms with Gasteiger partial charge in [-0.05, 0) is 38.3 Å². The van der Waals surface area contributed by atoms with Crippen LogP contribution in [-0.4, -0.2) is 30.6 Å². The summed E-state index contributed by atoms with van der Waals surface area (Å²) in [4.78, 5) is 2.56. The van der Waals surface area contributed by atoms with Gasteiger partial charge < -0.3 is 10.6 Å². The first-order valence-electron chi connectivity index (χ1n) is 5.70. The van der Waals surface area contributed by atoms with E-state index in [2.05, 4.69) is 18.7 Å². The predicted molar refractivity (Wildman–Crippen MR) is 57.7 cm³/mol. The molecule has 0 aliphatic carbocycles. The molecule has 1 aliphatic heterocycles. The van der Waals surface area contributed by atoms with Gasteiger partial charge in [0.2, 0.25) is 0 Å². The van der Waals surface area contributed by atoms with Gasteiger partial charge in [0.05, 0.1) is 0 Å². The lowest BCUT2D eigenvalue weighted by Gasteiger charge is -2.17. The average molecular weight is 184 g/mol. The van der Waals surface area contributed by atoms with E-state index in [9.17, 15) is 0 Å². The maximum Gasteiger partial charge on any atom is 0.00509 e. The highest BCUT2D eigenvalue weighted by Crippen LogP contribution is 2.15. The van der Waals surface area contributed by atoms with Crippen molar-refractivity contribution in [1.82, 2.24) is 4.90 Å². The van der Waals surface area contributed by atoms with Gasteiger partial charge in [-0.2, -0.15) is 0 Å². The molecule has 0 amide bonds. The Labute approximate surface area is 82.5 Å². The highest BCUT2D eigenvalue weighted by molar-refractivity contribution is 4.73. The van der Waals surface area contributed by atoms with Crippen LogP contribution in [0.1, 0.15) is 39.5 Å². The van der Waals surface area contributed by atoms with E-state index in [0.717, 1.165) is 5.92 Å². The van der Waals surface area contributed by atoms with Crippen LogP contribution in [-0.2, 0) is 0 Å². The molecule has 0 bridgehead atoms. The quantitative estimate of drug-likeness (QED) is 0.706. The molecular formula is C11H24N2. The molecule has 1 saturated heterocycles. The highest BCUT2D eigenvalue weighted by atomic mass is 15.1. The summed E-state index contributed by atoms with van der Waals surface area (Å²) in [6, 6.07) is 0.431. The van der Waals surface area contributed by atoms with E-state index in [1.165, 1.54) is 45.3 Å². The van der Waals surface area contributed by atoms with Gasteiger partial charge in [0.1, 0.15) is 0 Å². The van der Waals surface area contributed by atoms with Gasteiger partial charge in [0.25, 0.3) is 0 Å². The number of likely N-dealkylation sites (tertiary alicyclic amines) is 1. The van der Waals surface area contributed by atoms with Gasteiger partial charge in [-0.1, -0.05) is 20.3 Å². The molecule has 0 spiro atoms. The van der Waals surface area contributed by atoms with Crippen molar-refractivity contribution < 1.29 is 0 Å². The van der Waals surface area contributed by atoms with E-state index < -0.39 is 0 Å². The molecule has 1 rings (SSSR count). The zero-order valence-electron chi connectivity index (χ0n) is 9.13. The number of hydrogen-bond acceptors (Lipinski definition) is 2. The maximum atomic E-state index is 5.97. The smallest absolute Gasteiger partial charge is 0.00509 e. The van der Waals surface area contributed by atoms with Crippen molar-refractivity contribution in [3.63, 3.8) is 0 Å². The van der Waals surface area contributed by atoms with Crippen LogP contribution in [0.4, 0.5) is 0 Å². The molecule has 2 atom stereocenters. The standard InChI is InChI=1S/C11H24N2/c1-3-4-11(12)6-8-13-7-5-10(2)9-13/h10-11H,3-9,12H2,1-2H3. The Morgan fingerprint density at radius 1 is 1.46 bits per heavy atom. The second-order valence-corrected chi connectivity index (χ2v) is 4.53. The van der Waals surface area contributed by atoms with Crippen LogP contribution in [0.15, 0.2) is 0 Å². The molecule has 13 heavy (non-hydrogen) atoms. The van der Waals surface area contributed by atoms with Crippen LogP contribution in [0.2, 0.25) is 0 Å². The molecule has 0 aromatic heterocycles. The van der Waals surface area contributed by atoms with E-state index in [0.29, 0.717) is 6.04 Å². The largest absolute Gasteiger partial charge is 0.328 e. The fraction of sp³-hybridized carbons (Fsp3) is 1.00. The Kier molecular flexibility index (Phi) is 4.74. The van der Waals surface area contributed by atoms with Gasteiger partial charge in [0.15, 0.2) is 0 Å². The molecular weight excluding hydrogens is 160 g/mol. The van der Waals surface area contributed by atoms with Crippen LogP contribution >= 0.6 is 0 Å². The number of rotatable bonds is 5. The highest BCUT2D eigenvalue weighted by Gasteiger charge is 2.18. The third-order valence-electron chi connectivity index (χ3n) is 2.98. The monoisotopic (exact) mass is 184 g/mol. The molecule has 1 fully saturated rings. The van der Waals surface area contributed by atoms with E-state index >= 15 is 0 Å². The number of nitrogens with two attached hydrogens (primary N) is 1. The van der Waals surface area contributed by atoms with E-state index in [1.807, 2.05) is 0 Å². The summed E-state index contributed by atoms with van der Waals surface area (Å²) in [5.41, 5.74) is 5.97. The fourth-order valence-corrected chi connectivity index (χ4v) is 2.09. The zero-order chi connectivity index (χ0) is 9.68. The van der Waals surface area contributed by atoms with Crippen LogP contribution < -0.4 is 5.73 Å². The minimum Gasteiger partial charge on any atom is -0.328 e. The van der Waals surface area contributed by atoms with Crippen molar-refractivity contribution in [1.29, 1.82) is 0 Å². The second kappa shape index (κ2) is 5.61. The first-order chi connectivity index (χ1) is 6.22. The SMILES string of the molecule is CCCC(N)CCN1CCC(C)C1. The number of hydrogen-bond donors (Lipinski definition) is 1. The van der Waals surface area contributed by atoms with Gasteiger partial charge in [-0.15, -0.1) is 0 Å². The molecule has 2 heteroatoms. The summed E-state index contributed by atoms with van der Waals surface area (Å²) >= 11 is 0. The molecule has 0 radical (unpaired) electrons.